The lowest BCUT2D eigenvalue weighted by Gasteiger charge is -2.23. The van der Waals surface area contributed by atoms with Gasteiger partial charge in [-0.1, -0.05) is 65.6 Å². The van der Waals surface area contributed by atoms with E-state index in [1.807, 2.05) is 31.2 Å². The number of hydrogen-bond acceptors (Lipinski definition) is 6. The van der Waals surface area contributed by atoms with Crippen LogP contribution in [-0.2, 0) is 5.54 Å². The highest BCUT2D eigenvalue weighted by atomic mass is 79.9. The molecule has 0 aliphatic heterocycles. The lowest BCUT2D eigenvalue weighted by molar-refractivity contribution is -0.182. The van der Waals surface area contributed by atoms with Crippen LogP contribution in [0.5, 0.6) is 0 Å². The molecule has 0 radical (unpaired) electrons. The monoisotopic (exact) mass is 645 g/mol. The van der Waals surface area contributed by atoms with Gasteiger partial charge < -0.3 is 10.6 Å². The van der Waals surface area contributed by atoms with E-state index in [2.05, 4.69) is 68.7 Å². The summed E-state index contributed by atoms with van der Waals surface area (Å²) in [5.74, 6) is 0. The summed E-state index contributed by atoms with van der Waals surface area (Å²) in [6, 6.07) is 10.7. The summed E-state index contributed by atoms with van der Waals surface area (Å²) in [6.07, 6.45) is -1.64. The first-order valence-electron chi connectivity index (χ1n) is 13.0. The van der Waals surface area contributed by atoms with Crippen LogP contribution in [0.25, 0.3) is 10.9 Å². The van der Waals surface area contributed by atoms with E-state index in [0.717, 1.165) is 20.3 Å². The minimum Gasteiger partial charge on any atom is -0.383 e. The zero-order valence-electron chi connectivity index (χ0n) is 22.9. The van der Waals surface area contributed by atoms with Crippen LogP contribution >= 0.6 is 27.5 Å². The van der Waals surface area contributed by atoms with Crippen LogP contribution in [-0.4, -0.2) is 32.7 Å². The van der Waals surface area contributed by atoms with Crippen molar-refractivity contribution in [3.05, 3.63) is 74.6 Å². The molecule has 2 N–H and O–H groups in total. The minimum atomic E-state index is -4.43. The normalized spacial score (nSPS) is 15.4. The molecule has 2 aromatic carbocycles. The summed E-state index contributed by atoms with van der Waals surface area (Å²) in [5.41, 5.74) is 2.02. The van der Waals surface area contributed by atoms with E-state index in [0.29, 0.717) is 45.1 Å². The SMILES string of the molecule is Cc1c(Br)cccc1[C@H](Nc1cc(Cl)c2ncc(C#N)c(NCC(C)(C)C)c2c1)c1cn(C2(C(F)(F)F)CC2)nn1. The summed E-state index contributed by atoms with van der Waals surface area (Å²) >= 11 is 10.3. The predicted molar refractivity (Wildman–Crippen MR) is 157 cm³/mol. The molecule has 7 nitrogen and oxygen atoms in total. The van der Waals surface area contributed by atoms with Crippen molar-refractivity contribution in [3.8, 4) is 6.07 Å². The number of nitrogens with one attached hydrogen (secondary N) is 2. The van der Waals surface area contributed by atoms with Crippen LogP contribution in [0.4, 0.5) is 24.5 Å². The molecule has 2 heterocycles. The number of anilines is 2. The van der Waals surface area contributed by atoms with Gasteiger partial charge in [0, 0.05) is 28.3 Å². The molecular formula is C29H28BrClF3N7. The van der Waals surface area contributed by atoms with E-state index in [4.69, 9.17) is 11.6 Å². The standard InChI is InChI=1S/C29H28BrClF3N7/c1-16-19(6-5-7-21(16)30)26(23-14-41(40-39-23)28(8-9-28)29(32,33)34)38-18-10-20-24(37-15-27(2,3)4)17(12-35)13-36-25(20)22(31)11-18/h5-7,10-11,13-14,26,38H,8-9,15H2,1-4H3,(H,36,37)/t26-/m0/s1. The largest absolute Gasteiger partial charge is 0.413 e. The Balaban J connectivity index is 1.62. The molecule has 1 saturated carbocycles. The van der Waals surface area contributed by atoms with Crippen molar-refractivity contribution in [2.24, 2.45) is 5.41 Å². The molecule has 1 aliphatic rings. The maximum Gasteiger partial charge on any atom is 0.413 e. The Morgan fingerprint density at radius 1 is 1.22 bits per heavy atom. The fourth-order valence-electron chi connectivity index (χ4n) is 4.77. The van der Waals surface area contributed by atoms with Gasteiger partial charge in [-0.15, -0.1) is 5.10 Å². The molecule has 41 heavy (non-hydrogen) atoms. The van der Waals surface area contributed by atoms with Crippen LogP contribution in [0.1, 0.15) is 62.0 Å². The number of fused-ring (bicyclic) bond motifs is 1. The van der Waals surface area contributed by atoms with Gasteiger partial charge in [-0.05, 0) is 54.5 Å². The Morgan fingerprint density at radius 2 is 1.95 bits per heavy atom. The summed E-state index contributed by atoms with van der Waals surface area (Å²) < 4.78 is 43.3. The fourth-order valence-corrected chi connectivity index (χ4v) is 5.41. The number of benzene rings is 2. The highest BCUT2D eigenvalue weighted by molar-refractivity contribution is 9.10. The van der Waals surface area contributed by atoms with Crippen LogP contribution in [0.15, 0.2) is 47.2 Å². The zero-order chi connectivity index (χ0) is 29.7. The van der Waals surface area contributed by atoms with E-state index in [9.17, 15) is 18.4 Å². The van der Waals surface area contributed by atoms with Crippen molar-refractivity contribution >= 4 is 49.8 Å². The highest BCUT2D eigenvalue weighted by Crippen LogP contribution is 2.55. The van der Waals surface area contributed by atoms with E-state index in [-0.39, 0.29) is 18.3 Å². The predicted octanol–water partition coefficient (Wildman–Crippen LogP) is 8.13. The Kier molecular flexibility index (Phi) is 7.45. The van der Waals surface area contributed by atoms with Gasteiger partial charge in [0.2, 0.25) is 0 Å². The Hall–Kier alpha value is -3.36. The van der Waals surface area contributed by atoms with Crippen LogP contribution in [0, 0.1) is 23.7 Å². The summed E-state index contributed by atoms with van der Waals surface area (Å²) in [4.78, 5) is 4.42. The molecule has 2 aromatic heterocycles. The van der Waals surface area contributed by atoms with Gasteiger partial charge in [0.25, 0.3) is 0 Å². The molecular weight excluding hydrogens is 619 g/mol. The number of pyridine rings is 1. The molecule has 0 unspecified atom stereocenters. The van der Waals surface area contributed by atoms with Gasteiger partial charge in [0.1, 0.15) is 11.8 Å². The number of halogens is 5. The lowest BCUT2D eigenvalue weighted by Crippen LogP contribution is -2.35. The quantitative estimate of drug-likeness (QED) is 0.211. The second kappa shape index (κ2) is 10.5. The van der Waals surface area contributed by atoms with Crippen molar-refractivity contribution in [2.75, 3.05) is 17.2 Å². The second-order valence-electron chi connectivity index (χ2n) is 11.6. The zero-order valence-corrected chi connectivity index (χ0v) is 25.2. The molecule has 214 valence electrons. The van der Waals surface area contributed by atoms with Gasteiger partial charge >= 0.3 is 6.18 Å². The lowest BCUT2D eigenvalue weighted by atomic mass is 9.96. The molecule has 0 saturated heterocycles. The summed E-state index contributed by atoms with van der Waals surface area (Å²) in [6.45, 7) is 8.76. The smallest absolute Gasteiger partial charge is 0.383 e. The maximum absolute atomic E-state index is 13.8. The Morgan fingerprint density at radius 3 is 2.59 bits per heavy atom. The molecule has 5 rings (SSSR count). The van der Waals surface area contributed by atoms with Crippen LogP contribution < -0.4 is 10.6 Å². The number of nitrogens with zero attached hydrogens (tertiary/aromatic N) is 5. The van der Waals surface area contributed by atoms with Crippen molar-refractivity contribution in [3.63, 3.8) is 0 Å². The third-order valence-electron chi connectivity index (χ3n) is 7.27. The molecule has 1 atom stereocenters. The van der Waals surface area contributed by atoms with E-state index in [1.165, 1.54) is 12.4 Å². The first kappa shape index (κ1) is 29.1. The number of hydrogen-bond donors (Lipinski definition) is 2. The van der Waals surface area contributed by atoms with Gasteiger partial charge in [0.05, 0.1) is 34.0 Å². The number of alkyl halides is 3. The molecule has 4 aromatic rings. The minimum absolute atomic E-state index is 0.0356. The third kappa shape index (κ3) is 5.60. The van der Waals surface area contributed by atoms with Gasteiger partial charge in [-0.2, -0.15) is 18.4 Å². The number of nitriles is 1. The van der Waals surface area contributed by atoms with E-state index < -0.39 is 17.8 Å². The van der Waals surface area contributed by atoms with Gasteiger partial charge in [0.15, 0.2) is 5.54 Å². The first-order valence-corrected chi connectivity index (χ1v) is 14.2. The fraction of sp³-hybridized carbons (Fsp3) is 0.379. The summed E-state index contributed by atoms with van der Waals surface area (Å²) in [7, 11) is 0. The van der Waals surface area contributed by atoms with Crippen molar-refractivity contribution in [1.82, 2.24) is 20.0 Å². The Bertz CT molecular complexity index is 1670. The van der Waals surface area contributed by atoms with Gasteiger partial charge in [-0.25, -0.2) is 4.68 Å². The average Bonchev–Trinajstić information content (AvgIpc) is 3.58. The van der Waals surface area contributed by atoms with E-state index in [1.54, 1.807) is 6.07 Å². The Labute approximate surface area is 249 Å². The second-order valence-corrected chi connectivity index (χ2v) is 12.8. The summed E-state index contributed by atoms with van der Waals surface area (Å²) in [5, 5.41) is 25.7. The molecule has 12 heteroatoms. The molecule has 0 amide bonds. The maximum atomic E-state index is 13.8. The van der Waals surface area contributed by atoms with Crippen molar-refractivity contribution in [2.45, 2.75) is 58.3 Å². The van der Waals surface area contributed by atoms with Crippen molar-refractivity contribution < 1.29 is 13.2 Å². The third-order valence-corrected chi connectivity index (χ3v) is 8.42. The molecule has 0 spiro atoms. The number of rotatable bonds is 7. The molecule has 0 bridgehead atoms. The topological polar surface area (TPSA) is 91.5 Å². The van der Waals surface area contributed by atoms with Crippen molar-refractivity contribution in [1.29, 1.82) is 5.26 Å². The van der Waals surface area contributed by atoms with Crippen LogP contribution in [0.2, 0.25) is 5.02 Å². The highest BCUT2D eigenvalue weighted by Gasteiger charge is 2.66. The van der Waals surface area contributed by atoms with E-state index >= 15 is 0 Å². The molecule has 1 aliphatic carbocycles. The van der Waals surface area contributed by atoms with Crippen LogP contribution in [0.3, 0.4) is 0 Å². The van der Waals surface area contributed by atoms with Gasteiger partial charge in [-0.3, -0.25) is 4.98 Å². The first-order chi connectivity index (χ1) is 19.2. The average molecular weight is 647 g/mol. The molecule has 1 fully saturated rings. The number of aromatic nitrogens is 4.